The maximum absolute atomic E-state index is 10.2. The molecule has 2 aromatic rings. The fourth-order valence-electron chi connectivity index (χ4n) is 3.61. The van der Waals surface area contributed by atoms with Gasteiger partial charge in [-0.2, -0.15) is 5.10 Å². The second-order valence-electron chi connectivity index (χ2n) is 6.62. The Morgan fingerprint density at radius 2 is 2.13 bits per heavy atom. The summed E-state index contributed by atoms with van der Waals surface area (Å²) in [5, 5.41) is 19.0. The first-order valence-corrected chi connectivity index (χ1v) is 8.34. The number of benzene rings is 1. The summed E-state index contributed by atoms with van der Waals surface area (Å²) in [4.78, 5) is 4.63. The summed E-state index contributed by atoms with van der Waals surface area (Å²) in [5.41, 5.74) is 1.76. The molecule has 2 fully saturated rings. The van der Waals surface area contributed by atoms with Crippen LogP contribution in [0.5, 0.6) is 0 Å². The first-order valence-electron chi connectivity index (χ1n) is 7.96. The summed E-state index contributed by atoms with van der Waals surface area (Å²) in [7, 11) is 0. The number of ether oxygens (including phenoxy) is 1. The third-order valence-electron chi connectivity index (χ3n) is 5.24. The maximum atomic E-state index is 10.2. The van der Waals surface area contributed by atoms with Gasteiger partial charge in [0.15, 0.2) is 0 Å². The van der Waals surface area contributed by atoms with E-state index in [4.69, 9.17) is 16.3 Å². The summed E-state index contributed by atoms with van der Waals surface area (Å²) in [6.07, 6.45) is 1.37. The lowest BCUT2D eigenvalue weighted by Crippen LogP contribution is -2.60. The molecule has 0 radical (unpaired) electrons. The predicted octanol–water partition coefficient (Wildman–Crippen LogP) is 1.49. The van der Waals surface area contributed by atoms with Crippen molar-refractivity contribution in [3.05, 3.63) is 23.4 Å². The number of aromatic nitrogens is 2. The van der Waals surface area contributed by atoms with Crippen LogP contribution in [0.2, 0.25) is 5.02 Å². The molecule has 2 unspecified atom stereocenters. The highest BCUT2D eigenvalue weighted by molar-refractivity contribution is 6.34. The Bertz CT molecular complexity index is 713. The van der Waals surface area contributed by atoms with Gasteiger partial charge in [-0.1, -0.05) is 11.6 Å². The number of aromatic amines is 1. The first-order chi connectivity index (χ1) is 11.1. The minimum Gasteiger partial charge on any atom is -0.389 e. The maximum Gasteiger partial charge on any atom is 0.0976 e. The van der Waals surface area contributed by atoms with Crippen LogP contribution in [0.1, 0.15) is 6.92 Å². The number of hydrogen-bond acceptors (Lipinski definition) is 5. The Morgan fingerprint density at radius 1 is 1.35 bits per heavy atom. The standard InChI is InChI=1S/C16H21ClN4O2/c1-16(10-23-9-15(16)22)21-4-2-20(3-5-21)14-7-13-11(6-12(14)17)8-18-19-13/h6-8,15,22H,2-5,9-10H2,1H3,(H,18,19). The van der Waals surface area contributed by atoms with Gasteiger partial charge >= 0.3 is 0 Å². The van der Waals surface area contributed by atoms with Crippen molar-refractivity contribution in [3.8, 4) is 0 Å². The molecule has 2 saturated heterocycles. The van der Waals surface area contributed by atoms with Crippen LogP contribution < -0.4 is 4.90 Å². The Morgan fingerprint density at radius 3 is 2.83 bits per heavy atom. The molecule has 23 heavy (non-hydrogen) atoms. The van der Waals surface area contributed by atoms with Gasteiger partial charge in [0, 0.05) is 31.6 Å². The highest BCUT2D eigenvalue weighted by Gasteiger charge is 2.44. The van der Waals surface area contributed by atoms with Crippen molar-refractivity contribution in [3.63, 3.8) is 0 Å². The number of halogens is 1. The molecular formula is C16H21ClN4O2. The topological polar surface area (TPSA) is 64.6 Å². The van der Waals surface area contributed by atoms with Crippen molar-refractivity contribution in [2.24, 2.45) is 0 Å². The zero-order valence-electron chi connectivity index (χ0n) is 13.1. The minimum atomic E-state index is -0.418. The van der Waals surface area contributed by atoms with E-state index in [1.54, 1.807) is 6.20 Å². The number of rotatable bonds is 2. The van der Waals surface area contributed by atoms with Crippen LogP contribution in [0.4, 0.5) is 5.69 Å². The fraction of sp³-hybridized carbons (Fsp3) is 0.562. The molecule has 1 aromatic carbocycles. The van der Waals surface area contributed by atoms with Crippen LogP contribution in [0.15, 0.2) is 18.3 Å². The van der Waals surface area contributed by atoms with Gasteiger partial charge in [0.2, 0.25) is 0 Å². The van der Waals surface area contributed by atoms with Gasteiger partial charge in [-0.05, 0) is 19.1 Å². The summed E-state index contributed by atoms with van der Waals surface area (Å²) in [5.74, 6) is 0. The lowest BCUT2D eigenvalue weighted by molar-refractivity contribution is 0.00884. The molecule has 124 valence electrons. The average molecular weight is 337 g/mol. The van der Waals surface area contributed by atoms with E-state index in [9.17, 15) is 5.11 Å². The monoisotopic (exact) mass is 336 g/mol. The molecule has 0 aliphatic carbocycles. The number of anilines is 1. The summed E-state index contributed by atoms with van der Waals surface area (Å²) >= 11 is 6.45. The third kappa shape index (κ3) is 2.50. The zero-order valence-corrected chi connectivity index (χ0v) is 13.9. The molecule has 1 aromatic heterocycles. The van der Waals surface area contributed by atoms with E-state index in [0.717, 1.165) is 47.8 Å². The molecule has 7 heteroatoms. The molecule has 0 bridgehead atoms. The molecular weight excluding hydrogens is 316 g/mol. The quantitative estimate of drug-likeness (QED) is 0.870. The Labute approximate surface area is 140 Å². The van der Waals surface area contributed by atoms with Gasteiger partial charge < -0.3 is 14.7 Å². The molecule has 6 nitrogen and oxygen atoms in total. The van der Waals surface area contributed by atoms with Crippen molar-refractivity contribution < 1.29 is 9.84 Å². The van der Waals surface area contributed by atoms with Gasteiger partial charge in [0.05, 0.1) is 47.3 Å². The van der Waals surface area contributed by atoms with Gasteiger partial charge in [-0.3, -0.25) is 10.00 Å². The Balaban J connectivity index is 1.51. The van der Waals surface area contributed by atoms with E-state index in [1.165, 1.54) is 0 Å². The van der Waals surface area contributed by atoms with E-state index in [1.807, 2.05) is 6.07 Å². The Hall–Kier alpha value is -1.34. The van der Waals surface area contributed by atoms with Crippen molar-refractivity contribution in [1.29, 1.82) is 0 Å². The van der Waals surface area contributed by atoms with Crippen LogP contribution in [0.3, 0.4) is 0 Å². The predicted molar refractivity (Wildman–Crippen MR) is 90.1 cm³/mol. The average Bonchev–Trinajstić information content (AvgIpc) is 3.14. The van der Waals surface area contributed by atoms with E-state index >= 15 is 0 Å². The lowest BCUT2D eigenvalue weighted by Gasteiger charge is -2.45. The number of nitrogens with zero attached hydrogens (tertiary/aromatic N) is 3. The van der Waals surface area contributed by atoms with E-state index in [-0.39, 0.29) is 5.54 Å². The smallest absolute Gasteiger partial charge is 0.0976 e. The number of H-pyrrole nitrogens is 1. The SMILES string of the molecule is CC1(N2CCN(c3cc4[nH]ncc4cc3Cl)CC2)COCC1O. The van der Waals surface area contributed by atoms with Crippen molar-refractivity contribution in [2.75, 3.05) is 44.3 Å². The third-order valence-corrected chi connectivity index (χ3v) is 5.54. The van der Waals surface area contributed by atoms with Gasteiger partial charge in [-0.25, -0.2) is 0 Å². The highest BCUT2D eigenvalue weighted by Crippen LogP contribution is 2.33. The molecule has 2 N–H and O–H groups in total. The van der Waals surface area contributed by atoms with Crippen LogP contribution in [0, 0.1) is 0 Å². The number of nitrogens with one attached hydrogen (secondary N) is 1. The first kappa shape index (κ1) is 15.2. The van der Waals surface area contributed by atoms with Crippen LogP contribution in [0.25, 0.3) is 10.9 Å². The number of hydrogen-bond donors (Lipinski definition) is 2. The number of aliphatic hydroxyl groups excluding tert-OH is 1. The Kier molecular flexibility index (Phi) is 3.72. The number of piperazine rings is 1. The van der Waals surface area contributed by atoms with Crippen molar-refractivity contribution >= 4 is 28.2 Å². The minimum absolute atomic E-state index is 0.275. The van der Waals surface area contributed by atoms with Crippen LogP contribution in [-0.4, -0.2) is 71.2 Å². The van der Waals surface area contributed by atoms with E-state index in [2.05, 4.69) is 33.0 Å². The molecule has 3 heterocycles. The molecule has 0 spiro atoms. The highest BCUT2D eigenvalue weighted by atomic mass is 35.5. The largest absolute Gasteiger partial charge is 0.389 e. The fourth-order valence-corrected chi connectivity index (χ4v) is 3.90. The van der Waals surface area contributed by atoms with Crippen molar-refractivity contribution in [1.82, 2.24) is 15.1 Å². The molecule has 4 rings (SSSR count). The second-order valence-corrected chi connectivity index (χ2v) is 7.03. The number of fused-ring (bicyclic) bond motifs is 1. The molecule has 2 aliphatic rings. The van der Waals surface area contributed by atoms with Crippen LogP contribution in [-0.2, 0) is 4.74 Å². The van der Waals surface area contributed by atoms with Gasteiger partial charge in [0.25, 0.3) is 0 Å². The summed E-state index contributed by atoms with van der Waals surface area (Å²) in [6.45, 7) is 6.63. The zero-order chi connectivity index (χ0) is 16.0. The lowest BCUT2D eigenvalue weighted by atomic mass is 9.95. The molecule has 0 amide bonds. The van der Waals surface area contributed by atoms with E-state index in [0.29, 0.717) is 13.2 Å². The van der Waals surface area contributed by atoms with E-state index < -0.39 is 6.10 Å². The molecule has 0 saturated carbocycles. The molecule has 2 aliphatic heterocycles. The second kappa shape index (κ2) is 5.63. The number of aliphatic hydroxyl groups is 1. The normalized spacial score (nSPS) is 29.5. The summed E-state index contributed by atoms with van der Waals surface area (Å²) in [6, 6.07) is 4.02. The van der Waals surface area contributed by atoms with Crippen molar-refractivity contribution in [2.45, 2.75) is 18.6 Å². The summed E-state index contributed by atoms with van der Waals surface area (Å²) < 4.78 is 5.46. The van der Waals surface area contributed by atoms with Gasteiger partial charge in [-0.15, -0.1) is 0 Å². The van der Waals surface area contributed by atoms with Crippen LogP contribution >= 0.6 is 11.6 Å². The van der Waals surface area contributed by atoms with Gasteiger partial charge in [0.1, 0.15) is 0 Å². The molecule has 2 atom stereocenters.